The summed E-state index contributed by atoms with van der Waals surface area (Å²) in [6, 6.07) is -3.43. The number of hydrogen-bond donors (Lipinski definition) is 5. The van der Waals surface area contributed by atoms with Crippen molar-refractivity contribution in [2.24, 2.45) is 5.73 Å². The molecule has 23 heavy (non-hydrogen) atoms. The third kappa shape index (κ3) is 8.39. The molecule has 0 heterocycles. The summed E-state index contributed by atoms with van der Waals surface area (Å²) in [6.45, 7) is 3.68. The van der Waals surface area contributed by atoms with Crippen LogP contribution in [0.15, 0.2) is 0 Å². The fourth-order valence-electron chi connectivity index (χ4n) is 1.56. The van der Waals surface area contributed by atoms with Gasteiger partial charge in [0.05, 0.1) is 0 Å². The summed E-state index contributed by atoms with van der Waals surface area (Å²) < 4.78 is 7.39. The van der Waals surface area contributed by atoms with Crippen molar-refractivity contribution in [1.82, 2.24) is 15.9 Å². The van der Waals surface area contributed by atoms with Gasteiger partial charge in [0, 0.05) is 13.3 Å². The van der Waals surface area contributed by atoms with Crippen LogP contribution in [0.4, 0.5) is 0 Å². The first-order valence-corrected chi connectivity index (χ1v) is 6.87. The SMILES string of the molecule is [2H]N(C(C)=O)[C@@H](C)C(=O)N[C@@H](CCC(=O)N[C@@H](C)C(=O)O)C(N)=O. The smallest absolute Gasteiger partial charge is 0.325 e. The van der Waals surface area contributed by atoms with E-state index in [1.54, 1.807) is 0 Å². The van der Waals surface area contributed by atoms with E-state index >= 15 is 0 Å². The zero-order valence-corrected chi connectivity index (χ0v) is 13.2. The molecule has 0 aromatic rings. The largest absolute Gasteiger partial charge is 0.480 e. The van der Waals surface area contributed by atoms with Gasteiger partial charge in [0.2, 0.25) is 23.6 Å². The molecule has 10 nitrogen and oxygen atoms in total. The van der Waals surface area contributed by atoms with Crippen LogP contribution in [0.1, 0.15) is 33.6 Å². The quantitative estimate of drug-likeness (QED) is 0.323. The molecule has 0 saturated carbocycles. The van der Waals surface area contributed by atoms with E-state index in [1.807, 2.05) is 0 Å². The van der Waals surface area contributed by atoms with Crippen molar-refractivity contribution in [3.63, 3.8) is 0 Å². The second-order valence-electron chi connectivity index (χ2n) is 4.95. The molecule has 130 valence electrons. The Hall–Kier alpha value is -2.65. The number of carboxylic acid groups (broad SMARTS) is 1. The number of carbonyl (C=O) groups is 5. The molecular formula is C13H22N4O6. The van der Waals surface area contributed by atoms with Crippen LogP contribution in [0.25, 0.3) is 0 Å². The number of amides is 4. The number of aliphatic carboxylic acids is 1. The van der Waals surface area contributed by atoms with Gasteiger partial charge in [0.25, 0.3) is 0 Å². The number of nitrogens with two attached hydrogens (primary N) is 1. The maximum absolute atomic E-state index is 11.9. The molecule has 0 aromatic heterocycles. The van der Waals surface area contributed by atoms with E-state index in [1.165, 1.54) is 13.8 Å². The molecule has 0 bridgehead atoms. The fraction of sp³-hybridized carbons (Fsp3) is 0.615. The van der Waals surface area contributed by atoms with Gasteiger partial charge in [-0.15, -0.1) is 0 Å². The molecule has 6 N–H and O–H groups in total. The molecule has 0 saturated heterocycles. The van der Waals surface area contributed by atoms with Crippen molar-refractivity contribution in [1.29, 1.82) is 0 Å². The van der Waals surface area contributed by atoms with E-state index in [0.717, 1.165) is 6.92 Å². The molecule has 0 aliphatic rings. The summed E-state index contributed by atoms with van der Waals surface area (Å²) >= 11 is 0. The Kier molecular flexibility index (Phi) is 7.51. The van der Waals surface area contributed by atoms with Crippen molar-refractivity contribution in [3.8, 4) is 0 Å². The molecule has 0 radical (unpaired) electrons. The Bertz CT molecular complexity index is 527. The zero-order chi connectivity index (χ0) is 19.0. The van der Waals surface area contributed by atoms with Gasteiger partial charge in [-0.3, -0.25) is 24.0 Å². The van der Waals surface area contributed by atoms with Crippen LogP contribution >= 0.6 is 0 Å². The van der Waals surface area contributed by atoms with E-state index in [2.05, 4.69) is 10.6 Å². The van der Waals surface area contributed by atoms with Gasteiger partial charge in [-0.2, -0.15) is 0 Å². The number of nitrogens with one attached hydrogen (secondary N) is 3. The predicted molar refractivity (Wildman–Crippen MR) is 78.9 cm³/mol. The lowest BCUT2D eigenvalue weighted by Gasteiger charge is -2.19. The van der Waals surface area contributed by atoms with E-state index in [-0.39, 0.29) is 12.8 Å². The molecule has 0 unspecified atom stereocenters. The lowest BCUT2D eigenvalue weighted by molar-refractivity contribution is -0.141. The molecule has 0 aromatic carbocycles. The zero-order valence-electron chi connectivity index (χ0n) is 14.2. The lowest BCUT2D eigenvalue weighted by atomic mass is 10.1. The second kappa shape index (κ2) is 9.38. The molecule has 0 aliphatic heterocycles. The second-order valence-corrected chi connectivity index (χ2v) is 4.95. The average molecular weight is 331 g/mol. The van der Waals surface area contributed by atoms with Gasteiger partial charge in [0.1, 0.15) is 18.1 Å². The topological polar surface area (TPSA) is 168 Å². The molecule has 0 aliphatic carbocycles. The van der Waals surface area contributed by atoms with E-state index in [0.29, 0.717) is 5.31 Å². The van der Waals surface area contributed by atoms with Crippen molar-refractivity contribution in [2.75, 3.05) is 0 Å². The molecule has 0 rings (SSSR count). The number of hydrogen-bond acceptors (Lipinski definition) is 5. The van der Waals surface area contributed by atoms with Gasteiger partial charge in [0.15, 0.2) is 1.41 Å². The normalized spacial score (nSPS) is 14.7. The van der Waals surface area contributed by atoms with Crippen LogP contribution in [0.5, 0.6) is 0 Å². The first kappa shape index (κ1) is 18.4. The van der Waals surface area contributed by atoms with Crippen LogP contribution in [-0.4, -0.2) is 52.8 Å². The molecule has 0 fully saturated rings. The monoisotopic (exact) mass is 331 g/mol. The molecule has 3 atom stereocenters. The minimum Gasteiger partial charge on any atom is -0.480 e. The number of primary amides is 1. The van der Waals surface area contributed by atoms with Gasteiger partial charge in [-0.25, -0.2) is 0 Å². The summed E-state index contributed by atoms with van der Waals surface area (Å²) in [7, 11) is 0. The van der Waals surface area contributed by atoms with Crippen molar-refractivity contribution in [3.05, 3.63) is 0 Å². The van der Waals surface area contributed by atoms with Crippen LogP contribution in [-0.2, 0) is 24.0 Å². The van der Waals surface area contributed by atoms with Gasteiger partial charge in [-0.05, 0) is 20.3 Å². The Morgan fingerprint density at radius 2 is 1.70 bits per heavy atom. The van der Waals surface area contributed by atoms with Crippen molar-refractivity contribution >= 4 is 29.6 Å². The van der Waals surface area contributed by atoms with Crippen molar-refractivity contribution < 1.29 is 30.5 Å². The first-order valence-electron chi connectivity index (χ1n) is 7.32. The van der Waals surface area contributed by atoms with Crippen LogP contribution in [0, 0.1) is 0 Å². The van der Waals surface area contributed by atoms with E-state index < -0.39 is 47.7 Å². The highest BCUT2D eigenvalue weighted by Gasteiger charge is 2.23. The molecule has 4 amide bonds. The van der Waals surface area contributed by atoms with Crippen LogP contribution in [0.3, 0.4) is 0 Å². The standard InChI is InChI=1S/C13H22N4O6/c1-6(15-8(3)18)12(21)17-9(11(14)20)4-5-10(19)16-7(2)13(22)23/h6-7,9H,4-5H2,1-3H3,(H2,14,20)(H,15,18)(H,16,19)(H,17,21)(H,22,23)/t6-,7-,9-/m0/s1/i/hD. The van der Waals surface area contributed by atoms with E-state index in [4.69, 9.17) is 12.3 Å². The summed E-state index contributed by atoms with van der Waals surface area (Å²) in [5, 5.41) is 13.6. The molecular weight excluding hydrogens is 308 g/mol. The Labute approximate surface area is 134 Å². The third-order valence-electron chi connectivity index (χ3n) is 2.82. The van der Waals surface area contributed by atoms with E-state index in [9.17, 15) is 24.0 Å². The molecule has 10 heteroatoms. The number of carbonyl (C=O) groups excluding carboxylic acids is 4. The van der Waals surface area contributed by atoms with Gasteiger partial charge < -0.3 is 26.8 Å². The van der Waals surface area contributed by atoms with Crippen LogP contribution in [0.2, 0.25) is 1.41 Å². The summed E-state index contributed by atoms with van der Waals surface area (Å²) in [5.74, 6) is -4.16. The number of carboxylic acids is 1. The average Bonchev–Trinajstić information content (AvgIpc) is 2.48. The lowest BCUT2D eigenvalue weighted by Crippen LogP contribution is -2.52. The maximum Gasteiger partial charge on any atom is 0.325 e. The highest BCUT2D eigenvalue weighted by atomic mass is 16.4. The fourth-order valence-corrected chi connectivity index (χ4v) is 1.56. The number of rotatable bonds is 9. The summed E-state index contributed by atoms with van der Waals surface area (Å²) in [6.07, 6.45) is -0.388. The highest BCUT2D eigenvalue weighted by molar-refractivity contribution is 5.91. The summed E-state index contributed by atoms with van der Waals surface area (Å²) in [4.78, 5) is 56.5. The Morgan fingerprint density at radius 3 is 2.13 bits per heavy atom. The molecule has 0 spiro atoms. The highest BCUT2D eigenvalue weighted by Crippen LogP contribution is 1.99. The minimum absolute atomic E-state index is 0.149. The van der Waals surface area contributed by atoms with Crippen LogP contribution < -0.4 is 21.7 Å². The van der Waals surface area contributed by atoms with Gasteiger partial charge in [-0.1, -0.05) is 0 Å². The first-order chi connectivity index (χ1) is 11.0. The summed E-state index contributed by atoms with van der Waals surface area (Å²) in [5.41, 5.74) is 5.15. The Morgan fingerprint density at radius 1 is 1.13 bits per heavy atom. The third-order valence-corrected chi connectivity index (χ3v) is 2.82. The predicted octanol–water partition coefficient (Wildman–Crippen LogP) is -2.15. The van der Waals surface area contributed by atoms with Gasteiger partial charge >= 0.3 is 5.97 Å². The minimum atomic E-state index is -1.21. The Balaban J connectivity index is 4.64. The van der Waals surface area contributed by atoms with Crippen molar-refractivity contribution in [2.45, 2.75) is 51.7 Å². The maximum atomic E-state index is 11.9.